The van der Waals surface area contributed by atoms with E-state index in [-0.39, 0.29) is 23.4 Å². The third kappa shape index (κ3) is 6.62. The lowest BCUT2D eigenvalue weighted by Crippen LogP contribution is -2.51. The molecule has 0 radical (unpaired) electrons. The number of hydrogen-bond acceptors (Lipinski definition) is 5. The van der Waals surface area contributed by atoms with Gasteiger partial charge in [0.2, 0.25) is 5.91 Å². The largest absolute Gasteiger partial charge is 0.444 e. The molecule has 2 rings (SSSR count). The van der Waals surface area contributed by atoms with E-state index in [9.17, 15) is 9.59 Å². The Morgan fingerprint density at radius 2 is 1.96 bits per heavy atom. The molecular weight excluding hydrogens is 374 g/mol. The number of amides is 2. The molecule has 2 heterocycles. The average Bonchev–Trinajstić information content (AvgIpc) is 3.00. The third-order valence-corrected chi connectivity index (χ3v) is 5.82. The monoisotopic (exact) mass is 407 g/mol. The first-order chi connectivity index (χ1) is 12.8. The minimum Gasteiger partial charge on any atom is -0.444 e. The van der Waals surface area contributed by atoms with Crippen LogP contribution in [0.4, 0.5) is 4.79 Å². The van der Waals surface area contributed by atoms with Crippen LogP contribution in [-0.2, 0) is 14.9 Å². The van der Waals surface area contributed by atoms with Crippen LogP contribution in [0.2, 0.25) is 0 Å². The van der Waals surface area contributed by atoms with Crippen molar-refractivity contribution in [3.05, 3.63) is 22.2 Å². The Morgan fingerprint density at radius 1 is 1.29 bits per heavy atom. The molecule has 2 amide bonds. The molecule has 1 saturated heterocycles. The summed E-state index contributed by atoms with van der Waals surface area (Å²) in [6.45, 7) is 14.5. The second-order valence-corrected chi connectivity index (χ2v) is 10.5. The molecule has 1 aliphatic heterocycles. The molecule has 156 valence electrons. The summed E-state index contributed by atoms with van der Waals surface area (Å²) in [6, 6.07) is 0.0751. The summed E-state index contributed by atoms with van der Waals surface area (Å²) < 4.78 is 5.32. The fourth-order valence-corrected chi connectivity index (χ4v) is 3.94. The summed E-state index contributed by atoms with van der Waals surface area (Å²) in [7, 11) is 0. The number of carbonyl (C=O) groups is 2. The van der Waals surface area contributed by atoms with Gasteiger partial charge in [-0.05, 0) is 46.6 Å². The Kier molecular flexibility index (Phi) is 6.91. The number of nitrogens with zero attached hydrogens (tertiary/aromatic N) is 2. The molecule has 0 bridgehead atoms. The minimum absolute atomic E-state index is 0.00562. The van der Waals surface area contributed by atoms with Crippen molar-refractivity contribution in [2.75, 3.05) is 6.54 Å². The van der Waals surface area contributed by atoms with Crippen molar-refractivity contribution in [3.8, 4) is 0 Å². The predicted octanol–water partition coefficient (Wildman–Crippen LogP) is 4.36. The number of aromatic nitrogens is 1. The number of hydrogen-bond donors (Lipinski definition) is 1. The normalized spacial score (nSPS) is 21.0. The second-order valence-electron chi connectivity index (χ2n) is 9.40. The number of thiazole rings is 1. The lowest BCUT2D eigenvalue weighted by molar-refractivity contribution is -0.129. The number of ether oxygens (including phenoxy) is 1. The van der Waals surface area contributed by atoms with Gasteiger partial charge < -0.3 is 15.0 Å². The lowest BCUT2D eigenvalue weighted by Gasteiger charge is -2.37. The van der Waals surface area contributed by atoms with E-state index in [1.54, 1.807) is 17.4 Å². The molecule has 2 atom stereocenters. The Balaban J connectivity index is 1.89. The van der Waals surface area contributed by atoms with E-state index < -0.39 is 11.7 Å². The zero-order chi connectivity index (χ0) is 21.1. The van der Waals surface area contributed by atoms with E-state index in [0.717, 1.165) is 16.3 Å². The van der Waals surface area contributed by atoms with Gasteiger partial charge in [-0.15, -0.1) is 11.3 Å². The van der Waals surface area contributed by atoms with E-state index >= 15 is 0 Å². The Bertz CT molecular complexity index is 728. The average molecular weight is 408 g/mol. The highest BCUT2D eigenvalue weighted by Crippen LogP contribution is 2.27. The fourth-order valence-electron chi connectivity index (χ4n) is 3.06. The van der Waals surface area contributed by atoms with E-state index in [1.165, 1.54) is 0 Å². The van der Waals surface area contributed by atoms with Crippen molar-refractivity contribution in [1.82, 2.24) is 15.2 Å². The number of nitrogens with one attached hydrogen (secondary N) is 1. The highest BCUT2D eigenvalue weighted by molar-refractivity contribution is 7.12. The fraction of sp³-hybridized carbons (Fsp3) is 0.667. The van der Waals surface area contributed by atoms with Gasteiger partial charge in [0.15, 0.2) is 0 Å². The van der Waals surface area contributed by atoms with Gasteiger partial charge in [0.25, 0.3) is 0 Å². The van der Waals surface area contributed by atoms with Gasteiger partial charge in [-0.3, -0.25) is 4.79 Å². The number of likely N-dealkylation sites (tertiary alicyclic amines) is 1. The van der Waals surface area contributed by atoms with E-state index in [0.29, 0.717) is 13.0 Å². The smallest absolute Gasteiger partial charge is 0.407 e. The maximum absolute atomic E-state index is 12.6. The van der Waals surface area contributed by atoms with Crippen molar-refractivity contribution in [2.24, 2.45) is 0 Å². The van der Waals surface area contributed by atoms with Gasteiger partial charge >= 0.3 is 6.09 Å². The van der Waals surface area contributed by atoms with Gasteiger partial charge in [-0.25, -0.2) is 9.78 Å². The van der Waals surface area contributed by atoms with Crippen LogP contribution in [0.1, 0.15) is 71.2 Å². The highest BCUT2D eigenvalue weighted by Gasteiger charge is 2.29. The molecule has 6 nitrogen and oxygen atoms in total. The first kappa shape index (κ1) is 22.4. The van der Waals surface area contributed by atoms with Crippen molar-refractivity contribution in [3.63, 3.8) is 0 Å². The highest BCUT2D eigenvalue weighted by atomic mass is 32.1. The molecule has 0 aromatic carbocycles. The maximum Gasteiger partial charge on any atom is 0.407 e. The van der Waals surface area contributed by atoms with Crippen LogP contribution in [0, 0.1) is 0 Å². The lowest BCUT2D eigenvalue weighted by atomic mass is 9.98. The van der Waals surface area contributed by atoms with Crippen LogP contribution >= 0.6 is 11.3 Å². The summed E-state index contributed by atoms with van der Waals surface area (Å²) in [5.41, 5.74) is -0.501. The molecule has 0 aliphatic carbocycles. The summed E-state index contributed by atoms with van der Waals surface area (Å²) >= 11 is 1.61. The van der Waals surface area contributed by atoms with Crippen LogP contribution in [-0.4, -0.2) is 46.1 Å². The van der Waals surface area contributed by atoms with Crippen molar-refractivity contribution < 1.29 is 14.3 Å². The molecular formula is C21H33N3O3S. The van der Waals surface area contributed by atoms with Crippen LogP contribution in [0.5, 0.6) is 0 Å². The van der Waals surface area contributed by atoms with Crippen molar-refractivity contribution in [2.45, 2.75) is 84.4 Å². The van der Waals surface area contributed by atoms with Gasteiger partial charge in [0, 0.05) is 41.2 Å². The summed E-state index contributed by atoms with van der Waals surface area (Å²) in [4.78, 5) is 31.8. The topological polar surface area (TPSA) is 71.5 Å². The molecule has 1 fully saturated rings. The summed E-state index contributed by atoms with van der Waals surface area (Å²) in [6.07, 6.45) is 6.32. The molecule has 1 aliphatic rings. The predicted molar refractivity (Wildman–Crippen MR) is 113 cm³/mol. The van der Waals surface area contributed by atoms with Crippen molar-refractivity contribution >= 4 is 29.4 Å². The Labute approximate surface area is 172 Å². The van der Waals surface area contributed by atoms with Gasteiger partial charge in [0.1, 0.15) is 5.60 Å². The second kappa shape index (κ2) is 8.64. The maximum atomic E-state index is 12.6. The molecule has 7 heteroatoms. The molecule has 1 N–H and O–H groups in total. The summed E-state index contributed by atoms with van der Waals surface area (Å²) in [5, 5.41) is 3.97. The third-order valence-electron chi connectivity index (χ3n) is 4.44. The van der Waals surface area contributed by atoms with Gasteiger partial charge in [-0.2, -0.15) is 0 Å². The number of rotatable bonds is 3. The molecule has 28 heavy (non-hydrogen) atoms. The minimum atomic E-state index is -0.513. The first-order valence-corrected chi connectivity index (χ1v) is 10.6. The molecule has 1 aromatic heterocycles. The van der Waals surface area contributed by atoms with E-state index in [2.05, 4.69) is 31.1 Å². The quantitative estimate of drug-likeness (QED) is 0.756. The Morgan fingerprint density at radius 3 is 2.50 bits per heavy atom. The summed E-state index contributed by atoms with van der Waals surface area (Å²) in [5.74, 6) is -0.00562. The molecule has 0 saturated carbocycles. The van der Waals surface area contributed by atoms with Crippen LogP contribution < -0.4 is 5.32 Å². The van der Waals surface area contributed by atoms with Crippen LogP contribution in [0.25, 0.3) is 6.08 Å². The van der Waals surface area contributed by atoms with Gasteiger partial charge in [-0.1, -0.05) is 20.8 Å². The number of alkyl carbamates (subject to hydrolysis) is 1. The van der Waals surface area contributed by atoms with Crippen LogP contribution in [0.15, 0.2) is 12.3 Å². The first-order valence-electron chi connectivity index (χ1n) is 9.79. The zero-order valence-electron chi connectivity index (χ0n) is 18.0. The van der Waals surface area contributed by atoms with Crippen molar-refractivity contribution in [1.29, 1.82) is 0 Å². The zero-order valence-corrected chi connectivity index (χ0v) is 18.9. The SMILES string of the molecule is CC1CC(NC(=O)OC(C)(C)C)CCN1C(=O)/C=C/c1cnc(C(C)(C)C)s1. The van der Waals surface area contributed by atoms with E-state index in [4.69, 9.17) is 4.74 Å². The number of piperidine rings is 1. The molecule has 1 aromatic rings. The molecule has 2 unspecified atom stereocenters. The standard InChI is InChI=1S/C21H33N3O3S/c1-14-12-15(23-19(26)27-21(5,6)7)10-11-24(14)17(25)9-8-16-13-22-18(28-16)20(2,3)4/h8-9,13-15H,10-12H2,1-7H3,(H,23,26)/b9-8+. The van der Waals surface area contributed by atoms with E-state index in [1.807, 2.05) is 44.9 Å². The molecule has 0 spiro atoms. The van der Waals surface area contributed by atoms with Crippen LogP contribution in [0.3, 0.4) is 0 Å². The number of carbonyl (C=O) groups excluding carboxylic acids is 2. The Hall–Kier alpha value is -1.89. The van der Waals surface area contributed by atoms with Gasteiger partial charge in [0.05, 0.1) is 5.01 Å².